The molecule has 1 aromatic carbocycles. The number of aryl methyl sites for hydroxylation is 1. The second-order valence-corrected chi connectivity index (χ2v) is 11.7. The van der Waals surface area contributed by atoms with Gasteiger partial charge in [0, 0.05) is 30.6 Å². The van der Waals surface area contributed by atoms with Crippen LogP contribution in [-0.2, 0) is 38.6 Å². The number of nitrogens with one attached hydrogen (secondary N) is 2. The summed E-state index contributed by atoms with van der Waals surface area (Å²) < 4.78 is 20.4. The molecule has 3 aliphatic rings. The van der Waals surface area contributed by atoms with E-state index in [1.807, 2.05) is 27.7 Å². The van der Waals surface area contributed by atoms with Crippen molar-refractivity contribution in [1.82, 2.24) is 30.5 Å². The standard InChI is InChI=1S/C27H35BN6O8/c1-26(2)27(3,4)42-28(41-26)16-11-18-19(14-34(24(18)37)20-7-8-22(35)30-23(20)36)21(12-16)40-15-17-13-33(32-31-17)10-6-5-9-29-25(38)39/h11-13,20,29H,5-10,14-15H2,1-4H3,(H,38,39)(H,30,35,36). The molecule has 15 heteroatoms. The van der Waals surface area contributed by atoms with Gasteiger partial charge in [0.25, 0.3) is 5.91 Å². The van der Waals surface area contributed by atoms with E-state index < -0.39 is 36.4 Å². The lowest BCUT2D eigenvalue weighted by Crippen LogP contribution is -2.52. The molecule has 0 saturated carbocycles. The molecule has 1 aromatic heterocycles. The van der Waals surface area contributed by atoms with Gasteiger partial charge in [0.15, 0.2) is 0 Å². The highest BCUT2D eigenvalue weighted by Gasteiger charge is 2.52. The number of benzene rings is 1. The van der Waals surface area contributed by atoms with E-state index in [-0.39, 0.29) is 37.8 Å². The van der Waals surface area contributed by atoms with Crippen molar-refractivity contribution in [2.24, 2.45) is 0 Å². The van der Waals surface area contributed by atoms with Gasteiger partial charge < -0.3 is 29.4 Å². The number of unbranched alkanes of at least 4 members (excludes halogenated alkanes) is 1. The molecule has 5 rings (SSSR count). The summed E-state index contributed by atoms with van der Waals surface area (Å²) in [5.41, 5.74) is 1.01. The Morgan fingerprint density at radius 2 is 1.93 bits per heavy atom. The van der Waals surface area contributed by atoms with E-state index in [9.17, 15) is 19.2 Å². The molecule has 0 radical (unpaired) electrons. The average molecular weight is 582 g/mol. The van der Waals surface area contributed by atoms with Crippen LogP contribution in [-0.4, -0.2) is 79.7 Å². The third-order valence-corrected chi connectivity index (χ3v) is 8.21. The normalized spacial score (nSPS) is 21.0. The summed E-state index contributed by atoms with van der Waals surface area (Å²) in [4.78, 5) is 50.0. The molecule has 1 unspecified atom stereocenters. The van der Waals surface area contributed by atoms with Crippen molar-refractivity contribution in [1.29, 1.82) is 0 Å². The molecule has 1 atom stereocenters. The number of amides is 4. The summed E-state index contributed by atoms with van der Waals surface area (Å²) in [6, 6.07) is 2.76. The first-order valence-electron chi connectivity index (χ1n) is 14.0. The number of carboxylic acid groups (broad SMARTS) is 1. The molecule has 0 bridgehead atoms. The monoisotopic (exact) mass is 582 g/mol. The van der Waals surface area contributed by atoms with E-state index in [0.717, 1.165) is 0 Å². The van der Waals surface area contributed by atoms with Gasteiger partial charge in [-0.2, -0.15) is 0 Å². The first kappa shape index (κ1) is 29.5. The van der Waals surface area contributed by atoms with Crippen LogP contribution in [0.4, 0.5) is 4.79 Å². The molecule has 0 spiro atoms. The molecular weight excluding hydrogens is 547 g/mol. The van der Waals surface area contributed by atoms with Crippen molar-refractivity contribution in [2.45, 2.75) is 90.3 Å². The predicted molar refractivity (Wildman–Crippen MR) is 148 cm³/mol. The summed E-state index contributed by atoms with van der Waals surface area (Å²) in [6.07, 6.45) is 2.49. The smallest absolute Gasteiger partial charge is 0.487 e. The zero-order chi connectivity index (χ0) is 30.2. The minimum atomic E-state index is -1.05. The number of hydrogen-bond donors (Lipinski definition) is 3. The Labute approximate surface area is 243 Å². The molecule has 2 saturated heterocycles. The lowest BCUT2D eigenvalue weighted by molar-refractivity contribution is -0.136. The van der Waals surface area contributed by atoms with Gasteiger partial charge in [-0.1, -0.05) is 5.21 Å². The molecule has 0 aliphatic carbocycles. The molecule has 4 heterocycles. The molecule has 3 aliphatic heterocycles. The van der Waals surface area contributed by atoms with Crippen molar-refractivity contribution in [3.63, 3.8) is 0 Å². The number of rotatable bonds is 10. The van der Waals surface area contributed by atoms with E-state index in [1.54, 1.807) is 23.0 Å². The number of nitrogens with zero attached hydrogens (tertiary/aromatic N) is 4. The van der Waals surface area contributed by atoms with Crippen LogP contribution in [0.2, 0.25) is 0 Å². The number of imide groups is 1. The number of carbonyl (C=O) groups excluding carboxylic acids is 3. The van der Waals surface area contributed by atoms with Crippen LogP contribution >= 0.6 is 0 Å². The number of carbonyl (C=O) groups is 4. The summed E-state index contributed by atoms with van der Waals surface area (Å²) in [7, 11) is -0.739. The zero-order valence-corrected chi connectivity index (χ0v) is 24.1. The van der Waals surface area contributed by atoms with Gasteiger partial charge in [0.05, 0.1) is 23.9 Å². The summed E-state index contributed by atoms with van der Waals surface area (Å²) in [5.74, 6) is -0.727. The lowest BCUT2D eigenvalue weighted by Gasteiger charge is -2.32. The third-order valence-electron chi connectivity index (χ3n) is 8.21. The van der Waals surface area contributed by atoms with Crippen LogP contribution in [0.25, 0.3) is 0 Å². The fourth-order valence-corrected chi connectivity index (χ4v) is 5.15. The largest absolute Gasteiger partial charge is 0.494 e. The van der Waals surface area contributed by atoms with Crippen LogP contribution in [0.5, 0.6) is 5.75 Å². The zero-order valence-electron chi connectivity index (χ0n) is 24.1. The first-order valence-corrected chi connectivity index (χ1v) is 14.0. The van der Waals surface area contributed by atoms with Crippen molar-refractivity contribution in [2.75, 3.05) is 6.54 Å². The molecule has 224 valence electrons. The van der Waals surface area contributed by atoms with Crippen LogP contribution in [0.15, 0.2) is 18.3 Å². The van der Waals surface area contributed by atoms with Crippen LogP contribution in [0, 0.1) is 0 Å². The number of hydrogen-bond acceptors (Lipinski definition) is 9. The quantitative estimate of drug-likeness (QED) is 0.208. The maximum Gasteiger partial charge on any atom is 0.494 e. The van der Waals surface area contributed by atoms with Gasteiger partial charge in [0.2, 0.25) is 11.8 Å². The van der Waals surface area contributed by atoms with Gasteiger partial charge in [-0.05, 0) is 64.6 Å². The number of ether oxygens (including phenoxy) is 1. The Hall–Kier alpha value is -3.98. The second kappa shape index (κ2) is 11.4. The minimum absolute atomic E-state index is 0.0758. The fraction of sp³-hybridized carbons (Fsp3) is 0.556. The van der Waals surface area contributed by atoms with E-state index in [2.05, 4.69) is 20.9 Å². The lowest BCUT2D eigenvalue weighted by atomic mass is 9.77. The first-order chi connectivity index (χ1) is 19.8. The molecule has 3 N–H and O–H groups in total. The van der Waals surface area contributed by atoms with Gasteiger partial charge in [-0.3, -0.25) is 24.4 Å². The second-order valence-electron chi connectivity index (χ2n) is 11.7. The van der Waals surface area contributed by atoms with Crippen molar-refractivity contribution in [3.8, 4) is 5.75 Å². The van der Waals surface area contributed by atoms with Crippen LogP contribution < -0.4 is 20.8 Å². The molecule has 4 amide bonds. The molecule has 42 heavy (non-hydrogen) atoms. The summed E-state index contributed by atoms with van der Waals surface area (Å²) >= 11 is 0. The van der Waals surface area contributed by atoms with Crippen molar-refractivity contribution in [3.05, 3.63) is 35.2 Å². The highest BCUT2D eigenvalue weighted by molar-refractivity contribution is 6.62. The van der Waals surface area contributed by atoms with Gasteiger partial charge >= 0.3 is 13.2 Å². The topological polar surface area (TPSA) is 174 Å². The Morgan fingerprint density at radius 3 is 2.62 bits per heavy atom. The summed E-state index contributed by atoms with van der Waals surface area (Å²) in [5, 5.41) is 21.6. The average Bonchev–Trinajstić information content (AvgIpc) is 3.56. The Kier molecular flexibility index (Phi) is 7.99. The van der Waals surface area contributed by atoms with Crippen LogP contribution in [0.1, 0.15) is 75.0 Å². The molecule has 2 aromatic rings. The Balaban J connectivity index is 1.35. The van der Waals surface area contributed by atoms with Crippen molar-refractivity contribution >= 4 is 36.4 Å². The van der Waals surface area contributed by atoms with E-state index in [1.165, 1.54) is 4.90 Å². The van der Waals surface area contributed by atoms with E-state index in [0.29, 0.717) is 54.0 Å². The minimum Gasteiger partial charge on any atom is -0.487 e. The number of fused-ring (bicyclic) bond motifs is 1. The van der Waals surface area contributed by atoms with Gasteiger partial charge in [-0.15, -0.1) is 5.10 Å². The number of aromatic nitrogens is 3. The fourth-order valence-electron chi connectivity index (χ4n) is 5.15. The Bertz CT molecular complexity index is 1390. The molecular formula is C27H35BN6O8. The Morgan fingerprint density at radius 1 is 1.19 bits per heavy atom. The third kappa shape index (κ3) is 5.97. The maximum absolute atomic E-state index is 13.6. The predicted octanol–water partition coefficient (Wildman–Crippen LogP) is 0.965. The highest BCUT2D eigenvalue weighted by atomic mass is 16.7. The van der Waals surface area contributed by atoms with Crippen LogP contribution in [0.3, 0.4) is 0 Å². The van der Waals surface area contributed by atoms with Gasteiger partial charge in [-0.25, -0.2) is 4.79 Å². The van der Waals surface area contributed by atoms with Crippen molar-refractivity contribution < 1.29 is 38.3 Å². The highest BCUT2D eigenvalue weighted by Crippen LogP contribution is 2.38. The van der Waals surface area contributed by atoms with E-state index >= 15 is 0 Å². The maximum atomic E-state index is 13.6. The number of piperidine rings is 1. The summed E-state index contributed by atoms with van der Waals surface area (Å²) in [6.45, 7) is 8.93. The van der Waals surface area contributed by atoms with E-state index in [4.69, 9.17) is 19.2 Å². The molecule has 2 fully saturated rings. The molecule has 14 nitrogen and oxygen atoms in total. The van der Waals surface area contributed by atoms with Gasteiger partial charge in [0.1, 0.15) is 24.1 Å². The SMILES string of the molecule is CC1(C)OB(c2cc(OCc3cn(CCCCNC(=O)O)nn3)c3c(c2)C(=O)N(C2CCC(=O)NC2=O)C3)OC1(C)C.